The van der Waals surface area contributed by atoms with Crippen LogP contribution in [0, 0.1) is 20.8 Å². The molecule has 2 N–H and O–H groups in total. The van der Waals surface area contributed by atoms with E-state index in [4.69, 9.17) is 5.73 Å². The van der Waals surface area contributed by atoms with E-state index in [-0.39, 0.29) is 24.4 Å². The molecular weight excluding hydrogens is 260 g/mol. The summed E-state index contributed by atoms with van der Waals surface area (Å²) in [5.41, 5.74) is 10.1. The van der Waals surface area contributed by atoms with Crippen LogP contribution in [0.4, 0.5) is 0 Å². The number of hydrogen-bond acceptors (Lipinski definition) is 2. The molecule has 0 bridgehead atoms. The smallest absolute Gasteiger partial charge is 0.254 e. The lowest BCUT2D eigenvalue weighted by Crippen LogP contribution is -2.46. The molecule has 1 aliphatic rings. The summed E-state index contributed by atoms with van der Waals surface area (Å²) in [5, 5.41) is 0. The van der Waals surface area contributed by atoms with Crippen LogP contribution < -0.4 is 5.73 Å². The third-order valence-corrected chi connectivity index (χ3v) is 3.64. The zero-order valence-electron chi connectivity index (χ0n) is 11.9. The average molecular weight is 283 g/mol. The van der Waals surface area contributed by atoms with E-state index in [2.05, 4.69) is 19.1 Å². The van der Waals surface area contributed by atoms with Gasteiger partial charge in [0, 0.05) is 24.7 Å². The molecule has 0 aromatic heterocycles. The van der Waals surface area contributed by atoms with E-state index in [1.165, 1.54) is 5.56 Å². The Labute approximate surface area is 121 Å². The van der Waals surface area contributed by atoms with Crippen molar-refractivity contribution in [2.45, 2.75) is 39.7 Å². The first-order valence-corrected chi connectivity index (χ1v) is 6.61. The minimum absolute atomic E-state index is 0. The quantitative estimate of drug-likeness (QED) is 0.861. The van der Waals surface area contributed by atoms with Crippen molar-refractivity contribution in [1.82, 2.24) is 4.90 Å². The number of likely N-dealkylation sites (tertiary alicyclic amines) is 1. The van der Waals surface area contributed by atoms with Crippen LogP contribution in [0.5, 0.6) is 0 Å². The molecule has 1 amide bonds. The molecular formula is C15H23ClN2O. The fourth-order valence-electron chi connectivity index (χ4n) is 2.87. The molecule has 0 spiro atoms. The van der Waals surface area contributed by atoms with Crippen molar-refractivity contribution in [2.24, 2.45) is 5.73 Å². The summed E-state index contributed by atoms with van der Waals surface area (Å²) < 4.78 is 0. The number of piperidine rings is 1. The first kappa shape index (κ1) is 16.0. The van der Waals surface area contributed by atoms with Crippen molar-refractivity contribution in [3.05, 3.63) is 34.4 Å². The zero-order valence-corrected chi connectivity index (χ0v) is 12.7. The summed E-state index contributed by atoms with van der Waals surface area (Å²) >= 11 is 0. The number of nitrogens with zero attached hydrogens (tertiary/aromatic N) is 1. The Kier molecular flexibility index (Phi) is 5.39. The highest BCUT2D eigenvalue weighted by Crippen LogP contribution is 2.20. The predicted octanol–water partition coefficient (Wildman–Crippen LogP) is 2.60. The molecule has 1 aromatic rings. The predicted molar refractivity (Wildman–Crippen MR) is 81.0 cm³/mol. The highest BCUT2D eigenvalue weighted by atomic mass is 35.5. The molecule has 1 saturated heterocycles. The van der Waals surface area contributed by atoms with E-state index < -0.39 is 0 Å². The Morgan fingerprint density at radius 2 is 1.84 bits per heavy atom. The van der Waals surface area contributed by atoms with Gasteiger partial charge < -0.3 is 10.6 Å². The molecule has 1 heterocycles. The third kappa shape index (κ3) is 3.48. The molecule has 1 aliphatic heterocycles. The van der Waals surface area contributed by atoms with Gasteiger partial charge in [0.25, 0.3) is 5.91 Å². The lowest BCUT2D eigenvalue weighted by atomic mass is 9.97. The second kappa shape index (κ2) is 6.40. The van der Waals surface area contributed by atoms with Crippen molar-refractivity contribution in [2.75, 3.05) is 13.1 Å². The molecule has 106 valence electrons. The summed E-state index contributed by atoms with van der Waals surface area (Å²) in [7, 11) is 0. The number of benzene rings is 1. The van der Waals surface area contributed by atoms with Crippen LogP contribution in [0.15, 0.2) is 12.1 Å². The van der Waals surface area contributed by atoms with Crippen molar-refractivity contribution < 1.29 is 4.79 Å². The van der Waals surface area contributed by atoms with Crippen LogP contribution in [0.3, 0.4) is 0 Å². The fraction of sp³-hybridized carbons (Fsp3) is 0.533. The minimum atomic E-state index is 0. The van der Waals surface area contributed by atoms with Gasteiger partial charge in [-0.2, -0.15) is 0 Å². The molecule has 0 saturated carbocycles. The molecule has 2 rings (SSSR count). The maximum absolute atomic E-state index is 12.6. The fourth-order valence-corrected chi connectivity index (χ4v) is 2.87. The van der Waals surface area contributed by atoms with Gasteiger partial charge in [0.15, 0.2) is 0 Å². The minimum Gasteiger partial charge on any atom is -0.337 e. The van der Waals surface area contributed by atoms with Crippen molar-refractivity contribution in [3.63, 3.8) is 0 Å². The van der Waals surface area contributed by atoms with Crippen LogP contribution in [0.2, 0.25) is 0 Å². The van der Waals surface area contributed by atoms with Crippen LogP contribution in [0.1, 0.15) is 39.9 Å². The summed E-state index contributed by atoms with van der Waals surface area (Å²) in [4.78, 5) is 14.5. The molecule has 1 atom stereocenters. The summed E-state index contributed by atoms with van der Waals surface area (Å²) in [5.74, 6) is 0.139. The third-order valence-electron chi connectivity index (χ3n) is 3.64. The van der Waals surface area contributed by atoms with Crippen LogP contribution in [-0.2, 0) is 0 Å². The summed E-state index contributed by atoms with van der Waals surface area (Å²) in [6, 6.07) is 4.28. The first-order chi connectivity index (χ1) is 8.49. The van der Waals surface area contributed by atoms with Crippen molar-refractivity contribution in [1.29, 1.82) is 0 Å². The molecule has 4 heteroatoms. The number of carbonyl (C=O) groups is 1. The largest absolute Gasteiger partial charge is 0.337 e. The number of hydrogen-bond donors (Lipinski definition) is 1. The SMILES string of the molecule is Cc1cc(C)c(C(=O)N2CCCC(N)C2)c(C)c1.Cl. The molecule has 1 aromatic carbocycles. The topological polar surface area (TPSA) is 46.3 Å². The molecule has 0 radical (unpaired) electrons. The number of carbonyl (C=O) groups excluding carboxylic acids is 1. The normalized spacial score (nSPS) is 18.9. The highest BCUT2D eigenvalue weighted by molar-refractivity contribution is 5.97. The van der Waals surface area contributed by atoms with Gasteiger partial charge in [-0.25, -0.2) is 0 Å². The average Bonchev–Trinajstić information content (AvgIpc) is 2.27. The zero-order chi connectivity index (χ0) is 13.3. The van der Waals surface area contributed by atoms with Gasteiger partial charge >= 0.3 is 0 Å². The van der Waals surface area contributed by atoms with Gasteiger partial charge in [-0.05, 0) is 44.7 Å². The Morgan fingerprint density at radius 1 is 1.26 bits per heavy atom. The standard InChI is InChI=1S/C15H22N2O.ClH/c1-10-7-11(2)14(12(3)8-10)15(18)17-6-4-5-13(16)9-17;/h7-8,13H,4-6,9,16H2,1-3H3;1H. The van der Waals surface area contributed by atoms with Gasteiger partial charge in [0.05, 0.1) is 0 Å². The Balaban J connectivity index is 0.00000180. The van der Waals surface area contributed by atoms with E-state index in [9.17, 15) is 4.79 Å². The van der Waals surface area contributed by atoms with Gasteiger partial charge in [-0.15, -0.1) is 12.4 Å². The first-order valence-electron chi connectivity index (χ1n) is 6.61. The van der Waals surface area contributed by atoms with E-state index in [0.29, 0.717) is 6.54 Å². The summed E-state index contributed by atoms with van der Waals surface area (Å²) in [6.45, 7) is 7.60. The number of halogens is 1. The van der Waals surface area contributed by atoms with Gasteiger partial charge in [-0.3, -0.25) is 4.79 Å². The second-order valence-corrected chi connectivity index (χ2v) is 5.43. The van der Waals surface area contributed by atoms with E-state index in [0.717, 1.165) is 36.1 Å². The van der Waals surface area contributed by atoms with E-state index in [1.807, 2.05) is 18.7 Å². The maximum atomic E-state index is 12.6. The molecule has 3 nitrogen and oxygen atoms in total. The Morgan fingerprint density at radius 3 is 2.37 bits per heavy atom. The van der Waals surface area contributed by atoms with Gasteiger partial charge in [-0.1, -0.05) is 17.7 Å². The lowest BCUT2D eigenvalue weighted by Gasteiger charge is -2.31. The van der Waals surface area contributed by atoms with Crippen molar-refractivity contribution >= 4 is 18.3 Å². The van der Waals surface area contributed by atoms with Crippen molar-refractivity contribution in [3.8, 4) is 0 Å². The van der Waals surface area contributed by atoms with E-state index >= 15 is 0 Å². The van der Waals surface area contributed by atoms with Gasteiger partial charge in [0.1, 0.15) is 0 Å². The Hall–Kier alpha value is -1.06. The summed E-state index contributed by atoms with van der Waals surface area (Å²) in [6.07, 6.45) is 2.03. The molecule has 1 unspecified atom stereocenters. The molecule has 0 aliphatic carbocycles. The molecule has 19 heavy (non-hydrogen) atoms. The van der Waals surface area contributed by atoms with Crippen LogP contribution >= 0.6 is 12.4 Å². The Bertz CT molecular complexity index is 450. The maximum Gasteiger partial charge on any atom is 0.254 e. The van der Waals surface area contributed by atoms with Crippen LogP contribution in [0.25, 0.3) is 0 Å². The second-order valence-electron chi connectivity index (χ2n) is 5.43. The highest BCUT2D eigenvalue weighted by Gasteiger charge is 2.24. The monoisotopic (exact) mass is 282 g/mol. The van der Waals surface area contributed by atoms with E-state index in [1.54, 1.807) is 0 Å². The number of amides is 1. The number of aryl methyl sites for hydroxylation is 3. The van der Waals surface area contributed by atoms with Gasteiger partial charge in [0.2, 0.25) is 0 Å². The lowest BCUT2D eigenvalue weighted by molar-refractivity contribution is 0.0707. The number of nitrogens with two attached hydrogens (primary N) is 1. The molecule has 1 fully saturated rings. The number of rotatable bonds is 1. The van der Waals surface area contributed by atoms with Crippen LogP contribution in [-0.4, -0.2) is 29.9 Å².